The first-order valence-corrected chi connectivity index (χ1v) is 4.99. The van der Waals surface area contributed by atoms with Crippen LogP contribution in [-0.4, -0.2) is 6.54 Å². The van der Waals surface area contributed by atoms with E-state index in [0.717, 1.165) is 17.7 Å². The molecule has 0 aliphatic heterocycles. The number of hydrogen-bond donors (Lipinski definition) is 1. The zero-order valence-corrected chi connectivity index (χ0v) is 9.01. The molecule has 1 aromatic carbocycles. The molecule has 0 aliphatic rings. The zero-order chi connectivity index (χ0) is 12.2. The monoisotopic (exact) mass is 229 g/mol. The van der Waals surface area contributed by atoms with E-state index < -0.39 is 11.7 Å². The van der Waals surface area contributed by atoms with Gasteiger partial charge in [0.1, 0.15) is 0 Å². The van der Waals surface area contributed by atoms with E-state index >= 15 is 0 Å². The molecule has 2 N–H and O–H groups in total. The minimum atomic E-state index is -4.29. The Morgan fingerprint density at radius 1 is 1.31 bits per heavy atom. The molecule has 4 heteroatoms. The largest absolute Gasteiger partial charge is 0.416 e. The maximum Gasteiger partial charge on any atom is 0.416 e. The Balaban J connectivity index is 3.00. The zero-order valence-electron chi connectivity index (χ0n) is 9.01. The van der Waals surface area contributed by atoms with Gasteiger partial charge < -0.3 is 5.73 Å². The van der Waals surface area contributed by atoms with Crippen molar-refractivity contribution in [2.45, 2.75) is 19.5 Å². The van der Waals surface area contributed by atoms with Gasteiger partial charge in [0.05, 0.1) is 5.56 Å². The van der Waals surface area contributed by atoms with Gasteiger partial charge in [-0.25, -0.2) is 0 Å². The molecule has 0 aliphatic carbocycles. The second-order valence-electron chi connectivity index (χ2n) is 3.55. The van der Waals surface area contributed by atoms with Crippen LogP contribution in [0.25, 0.3) is 6.08 Å². The lowest BCUT2D eigenvalue weighted by Gasteiger charge is -2.09. The van der Waals surface area contributed by atoms with Gasteiger partial charge in [0.25, 0.3) is 0 Å². The van der Waals surface area contributed by atoms with Gasteiger partial charge in [-0.05, 0) is 43.1 Å². The van der Waals surface area contributed by atoms with Crippen molar-refractivity contribution in [3.05, 3.63) is 41.0 Å². The van der Waals surface area contributed by atoms with Crippen molar-refractivity contribution in [3.63, 3.8) is 0 Å². The van der Waals surface area contributed by atoms with Crippen molar-refractivity contribution in [1.29, 1.82) is 0 Å². The summed E-state index contributed by atoms with van der Waals surface area (Å²) in [5.41, 5.74) is 6.09. The summed E-state index contributed by atoms with van der Waals surface area (Å²) >= 11 is 0. The van der Waals surface area contributed by atoms with Crippen LogP contribution in [-0.2, 0) is 6.18 Å². The Labute approximate surface area is 92.8 Å². The van der Waals surface area contributed by atoms with E-state index in [1.165, 1.54) is 6.07 Å². The molecule has 1 nitrogen and oxygen atoms in total. The summed E-state index contributed by atoms with van der Waals surface area (Å²) in [7, 11) is 0. The van der Waals surface area contributed by atoms with Crippen LogP contribution in [0.3, 0.4) is 0 Å². The molecule has 0 saturated heterocycles. The summed E-state index contributed by atoms with van der Waals surface area (Å²) in [4.78, 5) is 0. The molecular weight excluding hydrogens is 215 g/mol. The second kappa shape index (κ2) is 5.16. The molecule has 0 fully saturated rings. The first kappa shape index (κ1) is 12.8. The minimum absolute atomic E-state index is 0.495. The van der Waals surface area contributed by atoms with E-state index in [9.17, 15) is 13.2 Å². The van der Waals surface area contributed by atoms with Crippen LogP contribution in [0, 0.1) is 6.92 Å². The lowest BCUT2D eigenvalue weighted by molar-refractivity contribution is -0.137. The van der Waals surface area contributed by atoms with E-state index in [1.54, 1.807) is 19.1 Å². The molecule has 0 aromatic heterocycles. The van der Waals surface area contributed by atoms with Gasteiger partial charge in [-0.1, -0.05) is 18.2 Å². The molecule has 0 atom stereocenters. The minimum Gasteiger partial charge on any atom is -0.330 e. The summed E-state index contributed by atoms with van der Waals surface area (Å²) in [5.74, 6) is 0. The quantitative estimate of drug-likeness (QED) is 0.844. The molecule has 1 aromatic rings. The van der Waals surface area contributed by atoms with Crippen LogP contribution in [0.5, 0.6) is 0 Å². The molecule has 0 amide bonds. The number of rotatable bonds is 3. The first-order valence-electron chi connectivity index (χ1n) is 4.99. The van der Waals surface area contributed by atoms with Gasteiger partial charge in [0, 0.05) is 0 Å². The Kier molecular flexibility index (Phi) is 4.12. The fourth-order valence-corrected chi connectivity index (χ4v) is 1.30. The van der Waals surface area contributed by atoms with E-state index in [4.69, 9.17) is 5.73 Å². The van der Waals surface area contributed by atoms with E-state index in [2.05, 4.69) is 0 Å². The normalized spacial score (nSPS) is 12.3. The topological polar surface area (TPSA) is 26.0 Å². The maximum atomic E-state index is 12.4. The average Bonchev–Trinajstić information content (AvgIpc) is 2.19. The third-order valence-electron chi connectivity index (χ3n) is 2.24. The Hall–Kier alpha value is -1.29. The van der Waals surface area contributed by atoms with Crippen LogP contribution in [0.1, 0.15) is 23.1 Å². The van der Waals surface area contributed by atoms with E-state index in [0.29, 0.717) is 18.5 Å². The lowest BCUT2D eigenvalue weighted by atomic mass is 10.0. The lowest BCUT2D eigenvalue weighted by Crippen LogP contribution is -2.05. The predicted molar refractivity (Wildman–Crippen MR) is 58.9 cm³/mol. The highest BCUT2D eigenvalue weighted by Gasteiger charge is 2.30. The van der Waals surface area contributed by atoms with Crippen molar-refractivity contribution in [2.24, 2.45) is 5.73 Å². The molecule has 0 unspecified atom stereocenters. The van der Waals surface area contributed by atoms with Crippen molar-refractivity contribution in [3.8, 4) is 0 Å². The van der Waals surface area contributed by atoms with Crippen LogP contribution in [0.15, 0.2) is 24.3 Å². The van der Waals surface area contributed by atoms with E-state index in [1.807, 2.05) is 0 Å². The standard InChI is InChI=1S/C12H14F3N/c1-9-5-6-11(12(13,14)15)8-10(9)4-2-3-7-16/h2,4-6,8H,3,7,16H2,1H3. The summed E-state index contributed by atoms with van der Waals surface area (Å²) in [6.07, 6.45) is -0.167. The Bertz CT molecular complexity index is 380. The SMILES string of the molecule is Cc1ccc(C(F)(F)F)cc1C=CCCN. The molecule has 88 valence electrons. The molecule has 0 heterocycles. The predicted octanol–water partition coefficient (Wildman–Crippen LogP) is 3.38. The fourth-order valence-electron chi connectivity index (χ4n) is 1.30. The summed E-state index contributed by atoms with van der Waals surface area (Å²) in [5, 5.41) is 0. The molecular formula is C12H14F3N. The summed E-state index contributed by atoms with van der Waals surface area (Å²) in [6.45, 7) is 2.27. The van der Waals surface area contributed by atoms with Crippen LogP contribution >= 0.6 is 0 Å². The molecule has 0 radical (unpaired) electrons. The van der Waals surface area contributed by atoms with Gasteiger partial charge in [0.2, 0.25) is 0 Å². The number of hydrogen-bond acceptors (Lipinski definition) is 1. The van der Waals surface area contributed by atoms with Gasteiger partial charge >= 0.3 is 6.18 Å². The number of alkyl halides is 3. The van der Waals surface area contributed by atoms with Gasteiger partial charge in [-0.15, -0.1) is 0 Å². The summed E-state index contributed by atoms with van der Waals surface area (Å²) in [6, 6.07) is 3.73. The van der Waals surface area contributed by atoms with Gasteiger partial charge in [-0.2, -0.15) is 13.2 Å². The Morgan fingerprint density at radius 2 is 2.00 bits per heavy atom. The number of aryl methyl sites for hydroxylation is 1. The molecule has 0 saturated carbocycles. The number of benzene rings is 1. The fraction of sp³-hybridized carbons (Fsp3) is 0.333. The molecule has 1 rings (SSSR count). The van der Waals surface area contributed by atoms with Crippen LogP contribution in [0.2, 0.25) is 0 Å². The van der Waals surface area contributed by atoms with Gasteiger partial charge in [0.15, 0.2) is 0 Å². The van der Waals surface area contributed by atoms with Crippen molar-refractivity contribution < 1.29 is 13.2 Å². The molecule has 0 spiro atoms. The maximum absolute atomic E-state index is 12.4. The highest BCUT2D eigenvalue weighted by Crippen LogP contribution is 2.30. The van der Waals surface area contributed by atoms with Crippen molar-refractivity contribution in [1.82, 2.24) is 0 Å². The average molecular weight is 229 g/mol. The smallest absolute Gasteiger partial charge is 0.330 e. The number of halogens is 3. The van der Waals surface area contributed by atoms with Crippen molar-refractivity contribution in [2.75, 3.05) is 6.54 Å². The molecule has 16 heavy (non-hydrogen) atoms. The van der Waals surface area contributed by atoms with Crippen LogP contribution < -0.4 is 5.73 Å². The third kappa shape index (κ3) is 3.38. The number of nitrogens with two attached hydrogens (primary N) is 1. The van der Waals surface area contributed by atoms with Crippen LogP contribution in [0.4, 0.5) is 13.2 Å². The summed E-state index contributed by atoms with van der Waals surface area (Å²) < 4.78 is 37.3. The first-order chi connectivity index (χ1) is 7.45. The van der Waals surface area contributed by atoms with E-state index in [-0.39, 0.29) is 0 Å². The van der Waals surface area contributed by atoms with Gasteiger partial charge in [-0.3, -0.25) is 0 Å². The molecule has 0 bridgehead atoms. The third-order valence-corrected chi connectivity index (χ3v) is 2.24. The highest BCUT2D eigenvalue weighted by molar-refractivity contribution is 5.55. The Morgan fingerprint density at radius 3 is 2.56 bits per heavy atom. The second-order valence-corrected chi connectivity index (χ2v) is 3.55. The highest BCUT2D eigenvalue weighted by atomic mass is 19.4. The van der Waals surface area contributed by atoms with Crippen molar-refractivity contribution >= 4 is 6.08 Å².